The first-order chi connectivity index (χ1) is 9.97. The van der Waals surface area contributed by atoms with Gasteiger partial charge in [-0.15, -0.1) is 11.8 Å². The minimum atomic E-state index is 0.471. The Morgan fingerprint density at radius 3 is 2.57 bits per heavy atom. The number of aromatic nitrogens is 2. The van der Waals surface area contributed by atoms with Crippen LogP contribution in [-0.4, -0.2) is 15.8 Å². The van der Waals surface area contributed by atoms with E-state index in [0.717, 1.165) is 23.0 Å². The molecular weight excluding hydrogens is 302 g/mol. The molecule has 21 heavy (non-hydrogen) atoms. The van der Waals surface area contributed by atoms with Crippen LogP contribution >= 0.6 is 23.4 Å². The van der Waals surface area contributed by atoms with Crippen LogP contribution in [0, 0.1) is 6.92 Å². The van der Waals surface area contributed by atoms with Crippen LogP contribution in [0.3, 0.4) is 0 Å². The lowest BCUT2D eigenvalue weighted by atomic mass is 10.2. The minimum Gasteiger partial charge on any atom is -0.310 e. The highest BCUT2D eigenvalue weighted by Crippen LogP contribution is 2.28. The van der Waals surface area contributed by atoms with Gasteiger partial charge in [-0.1, -0.05) is 37.6 Å². The van der Waals surface area contributed by atoms with E-state index in [1.165, 1.54) is 16.2 Å². The average Bonchev–Trinajstić information content (AvgIpc) is 2.70. The molecule has 0 bridgehead atoms. The van der Waals surface area contributed by atoms with Crippen LogP contribution in [-0.2, 0) is 19.3 Å². The second-order valence-corrected chi connectivity index (χ2v) is 6.84. The molecule has 5 heteroatoms. The number of rotatable bonds is 6. The fourth-order valence-electron chi connectivity index (χ4n) is 2.10. The molecule has 0 unspecified atom stereocenters. The van der Waals surface area contributed by atoms with Crippen LogP contribution in [0.15, 0.2) is 29.3 Å². The quantitative estimate of drug-likeness (QED) is 0.809. The topological polar surface area (TPSA) is 29.9 Å². The number of aryl methyl sites for hydroxylation is 2. The Kier molecular flexibility index (Phi) is 5.73. The van der Waals surface area contributed by atoms with Crippen LogP contribution in [0.25, 0.3) is 0 Å². The molecule has 1 aromatic heterocycles. The summed E-state index contributed by atoms with van der Waals surface area (Å²) in [5.74, 6) is 0.921. The molecule has 0 atom stereocenters. The lowest BCUT2D eigenvalue weighted by Crippen LogP contribution is -2.22. The maximum atomic E-state index is 5.92. The molecule has 3 nitrogen and oxygen atoms in total. The Morgan fingerprint density at radius 2 is 1.95 bits per heavy atom. The van der Waals surface area contributed by atoms with Crippen LogP contribution < -0.4 is 5.32 Å². The Morgan fingerprint density at radius 1 is 1.29 bits per heavy atom. The van der Waals surface area contributed by atoms with E-state index in [0.29, 0.717) is 6.04 Å². The van der Waals surface area contributed by atoms with E-state index in [2.05, 4.69) is 43.3 Å². The molecule has 0 amide bonds. The Labute approximate surface area is 136 Å². The number of halogens is 1. The van der Waals surface area contributed by atoms with E-state index >= 15 is 0 Å². The summed E-state index contributed by atoms with van der Waals surface area (Å²) in [5, 5.41) is 10.0. The monoisotopic (exact) mass is 323 g/mol. The largest absolute Gasteiger partial charge is 0.310 e. The number of hydrogen-bond acceptors (Lipinski definition) is 3. The van der Waals surface area contributed by atoms with Gasteiger partial charge in [0.25, 0.3) is 0 Å². The standard InChI is InChI=1S/C16H22ClN3S/c1-11(2)18-9-15-12(3)19-20(4)16(15)21-10-13-5-7-14(17)8-6-13/h5-8,11,18H,9-10H2,1-4H3. The zero-order valence-electron chi connectivity index (χ0n) is 13.0. The molecule has 2 aromatic rings. The zero-order valence-corrected chi connectivity index (χ0v) is 14.6. The third kappa shape index (κ3) is 4.50. The van der Waals surface area contributed by atoms with Crippen molar-refractivity contribution in [3.63, 3.8) is 0 Å². The van der Waals surface area contributed by atoms with Gasteiger partial charge in [0, 0.05) is 36.0 Å². The Bertz CT molecular complexity index is 590. The van der Waals surface area contributed by atoms with Crippen molar-refractivity contribution in [2.45, 2.75) is 44.1 Å². The van der Waals surface area contributed by atoms with E-state index in [1.54, 1.807) is 0 Å². The summed E-state index contributed by atoms with van der Waals surface area (Å²) in [5.41, 5.74) is 3.67. The number of thioether (sulfide) groups is 1. The normalized spacial score (nSPS) is 11.3. The minimum absolute atomic E-state index is 0.471. The van der Waals surface area contributed by atoms with E-state index in [-0.39, 0.29) is 0 Å². The van der Waals surface area contributed by atoms with E-state index in [4.69, 9.17) is 11.6 Å². The summed E-state index contributed by atoms with van der Waals surface area (Å²) >= 11 is 7.75. The molecule has 114 valence electrons. The fraction of sp³-hybridized carbons (Fsp3) is 0.438. The SMILES string of the molecule is Cc1nn(C)c(SCc2ccc(Cl)cc2)c1CNC(C)C. The first-order valence-electron chi connectivity index (χ1n) is 7.10. The van der Waals surface area contributed by atoms with Gasteiger partial charge in [0.1, 0.15) is 0 Å². The summed E-state index contributed by atoms with van der Waals surface area (Å²) in [6.45, 7) is 7.25. The molecule has 1 heterocycles. The van der Waals surface area contributed by atoms with Gasteiger partial charge < -0.3 is 5.32 Å². The van der Waals surface area contributed by atoms with Crippen molar-refractivity contribution in [1.29, 1.82) is 0 Å². The first-order valence-corrected chi connectivity index (χ1v) is 8.47. The number of nitrogens with one attached hydrogen (secondary N) is 1. The molecule has 1 N–H and O–H groups in total. The van der Waals surface area contributed by atoms with Crippen molar-refractivity contribution in [3.05, 3.63) is 46.1 Å². The zero-order chi connectivity index (χ0) is 15.4. The molecule has 0 spiro atoms. The van der Waals surface area contributed by atoms with Gasteiger partial charge in [0.05, 0.1) is 10.7 Å². The van der Waals surface area contributed by atoms with Gasteiger partial charge in [0.15, 0.2) is 0 Å². The lowest BCUT2D eigenvalue weighted by molar-refractivity contribution is 0.580. The molecule has 0 saturated carbocycles. The van der Waals surface area contributed by atoms with Crippen LogP contribution in [0.2, 0.25) is 5.02 Å². The third-order valence-electron chi connectivity index (χ3n) is 3.26. The smallest absolute Gasteiger partial charge is 0.0987 e. The molecule has 0 radical (unpaired) electrons. The fourth-order valence-corrected chi connectivity index (χ4v) is 3.35. The van der Waals surface area contributed by atoms with Crippen molar-refractivity contribution in [1.82, 2.24) is 15.1 Å². The summed E-state index contributed by atoms with van der Waals surface area (Å²) in [7, 11) is 2.01. The second kappa shape index (κ2) is 7.34. The average molecular weight is 324 g/mol. The van der Waals surface area contributed by atoms with Gasteiger partial charge in [-0.2, -0.15) is 5.10 Å². The molecular formula is C16H22ClN3S. The van der Waals surface area contributed by atoms with E-state index in [1.807, 2.05) is 35.6 Å². The summed E-state index contributed by atoms with van der Waals surface area (Å²) in [6.07, 6.45) is 0. The number of nitrogens with zero attached hydrogens (tertiary/aromatic N) is 2. The molecule has 0 saturated heterocycles. The lowest BCUT2D eigenvalue weighted by Gasteiger charge is -2.10. The van der Waals surface area contributed by atoms with E-state index < -0.39 is 0 Å². The summed E-state index contributed by atoms with van der Waals surface area (Å²) < 4.78 is 1.98. The number of hydrogen-bond donors (Lipinski definition) is 1. The highest BCUT2D eigenvalue weighted by Gasteiger charge is 2.14. The van der Waals surface area contributed by atoms with Crippen molar-refractivity contribution >= 4 is 23.4 Å². The van der Waals surface area contributed by atoms with Gasteiger partial charge in [0.2, 0.25) is 0 Å². The summed E-state index contributed by atoms with van der Waals surface area (Å²) in [6, 6.07) is 8.49. The molecule has 1 aromatic carbocycles. The molecule has 0 aliphatic rings. The third-order valence-corrected chi connectivity index (χ3v) is 4.78. The van der Waals surface area contributed by atoms with Gasteiger partial charge in [-0.25, -0.2) is 0 Å². The molecule has 0 fully saturated rings. The second-order valence-electron chi connectivity index (χ2n) is 5.44. The molecule has 0 aliphatic carbocycles. The maximum absolute atomic E-state index is 5.92. The van der Waals surface area contributed by atoms with Crippen molar-refractivity contribution in [3.8, 4) is 0 Å². The van der Waals surface area contributed by atoms with Crippen LogP contribution in [0.1, 0.15) is 30.7 Å². The van der Waals surface area contributed by atoms with Crippen LogP contribution in [0.4, 0.5) is 0 Å². The summed E-state index contributed by atoms with van der Waals surface area (Å²) in [4.78, 5) is 0. The Hall–Kier alpha value is -0.970. The molecule has 0 aliphatic heterocycles. The Balaban J connectivity index is 2.09. The van der Waals surface area contributed by atoms with Gasteiger partial charge >= 0.3 is 0 Å². The predicted octanol–water partition coefficient (Wildman–Crippen LogP) is 4.17. The predicted molar refractivity (Wildman–Crippen MR) is 90.9 cm³/mol. The van der Waals surface area contributed by atoms with Crippen LogP contribution in [0.5, 0.6) is 0 Å². The first kappa shape index (κ1) is 16.4. The van der Waals surface area contributed by atoms with Gasteiger partial charge in [-0.05, 0) is 24.6 Å². The highest BCUT2D eigenvalue weighted by molar-refractivity contribution is 7.98. The van der Waals surface area contributed by atoms with Crippen molar-refractivity contribution in [2.24, 2.45) is 7.05 Å². The highest BCUT2D eigenvalue weighted by atomic mass is 35.5. The van der Waals surface area contributed by atoms with Crippen molar-refractivity contribution < 1.29 is 0 Å². The number of benzene rings is 1. The maximum Gasteiger partial charge on any atom is 0.0987 e. The van der Waals surface area contributed by atoms with Crippen molar-refractivity contribution in [2.75, 3.05) is 0 Å². The van der Waals surface area contributed by atoms with E-state index in [9.17, 15) is 0 Å². The molecule has 2 rings (SSSR count). The van der Waals surface area contributed by atoms with Gasteiger partial charge in [-0.3, -0.25) is 4.68 Å².